The summed E-state index contributed by atoms with van der Waals surface area (Å²) >= 11 is 2.70. The zero-order valence-corrected chi connectivity index (χ0v) is 17.0. The monoisotopic (exact) mass is 390 g/mol. The van der Waals surface area contributed by atoms with E-state index in [1.54, 1.807) is 11.8 Å². The van der Waals surface area contributed by atoms with E-state index in [-0.39, 0.29) is 23.6 Å². The first kappa shape index (κ1) is 18.8. The molecule has 1 fully saturated rings. The highest BCUT2D eigenvalue weighted by Crippen LogP contribution is 2.35. The Morgan fingerprint density at radius 3 is 2.46 bits per heavy atom. The first-order valence-electron chi connectivity index (χ1n) is 8.49. The van der Waals surface area contributed by atoms with Gasteiger partial charge in [0.25, 0.3) is 0 Å². The van der Waals surface area contributed by atoms with Crippen LogP contribution in [-0.4, -0.2) is 33.8 Å². The zero-order chi connectivity index (χ0) is 18.8. The molecular formula is C18H22N4O2S2. The molecule has 6 nitrogen and oxygen atoms in total. The summed E-state index contributed by atoms with van der Waals surface area (Å²) in [6.45, 7) is 7.58. The van der Waals surface area contributed by atoms with Crippen LogP contribution < -0.4 is 10.2 Å². The fourth-order valence-electron chi connectivity index (χ4n) is 2.92. The van der Waals surface area contributed by atoms with Crippen LogP contribution in [0, 0.1) is 20.8 Å². The minimum atomic E-state index is -0.0765. The Morgan fingerprint density at radius 2 is 1.88 bits per heavy atom. The first-order chi connectivity index (χ1) is 12.3. The molecule has 1 aromatic heterocycles. The third-order valence-corrected chi connectivity index (χ3v) is 6.18. The molecule has 0 aliphatic heterocycles. The lowest BCUT2D eigenvalue weighted by Gasteiger charge is -2.15. The van der Waals surface area contributed by atoms with Crippen molar-refractivity contribution in [2.24, 2.45) is 0 Å². The van der Waals surface area contributed by atoms with E-state index in [0.717, 1.165) is 29.7 Å². The summed E-state index contributed by atoms with van der Waals surface area (Å²) in [7, 11) is 0. The van der Waals surface area contributed by atoms with Gasteiger partial charge < -0.3 is 5.32 Å². The Balaban J connectivity index is 1.59. The summed E-state index contributed by atoms with van der Waals surface area (Å²) in [5.41, 5.74) is 4.16. The van der Waals surface area contributed by atoms with E-state index in [1.165, 1.54) is 28.7 Å². The number of rotatable bonds is 6. The first-order valence-corrected chi connectivity index (χ1v) is 10.3. The lowest BCUT2D eigenvalue weighted by atomic mass is 10.1. The SMILES string of the molecule is CC(=O)N(c1nnc(SCC(=O)Nc2c(C)cc(C)cc2C)s1)C1CC1. The van der Waals surface area contributed by atoms with Crippen LogP contribution in [0.3, 0.4) is 0 Å². The fraction of sp³-hybridized carbons (Fsp3) is 0.444. The summed E-state index contributed by atoms with van der Waals surface area (Å²) < 4.78 is 0.694. The van der Waals surface area contributed by atoms with E-state index >= 15 is 0 Å². The summed E-state index contributed by atoms with van der Waals surface area (Å²) in [5, 5.41) is 11.8. The minimum Gasteiger partial charge on any atom is -0.325 e. The van der Waals surface area contributed by atoms with Gasteiger partial charge in [0.05, 0.1) is 5.75 Å². The number of hydrogen-bond donors (Lipinski definition) is 1. The molecule has 2 aromatic rings. The number of aromatic nitrogens is 2. The number of hydrogen-bond acceptors (Lipinski definition) is 6. The quantitative estimate of drug-likeness (QED) is 0.601. The molecule has 1 N–H and O–H groups in total. The fourth-order valence-corrected chi connectivity index (χ4v) is 4.68. The Bertz CT molecular complexity index is 822. The number of anilines is 2. The van der Waals surface area contributed by atoms with Gasteiger partial charge in [-0.2, -0.15) is 0 Å². The molecule has 2 amide bonds. The van der Waals surface area contributed by atoms with Crippen LogP contribution >= 0.6 is 23.1 Å². The van der Waals surface area contributed by atoms with Crippen LogP contribution in [0.4, 0.5) is 10.8 Å². The summed E-state index contributed by atoms with van der Waals surface area (Å²) in [6.07, 6.45) is 2.03. The van der Waals surface area contributed by atoms with Gasteiger partial charge in [0, 0.05) is 18.7 Å². The van der Waals surface area contributed by atoms with E-state index < -0.39 is 0 Å². The second kappa shape index (κ2) is 7.75. The topological polar surface area (TPSA) is 75.2 Å². The average molecular weight is 391 g/mol. The van der Waals surface area contributed by atoms with E-state index in [1.807, 2.05) is 20.8 Å². The van der Waals surface area contributed by atoms with Crippen molar-refractivity contribution >= 4 is 45.7 Å². The largest absolute Gasteiger partial charge is 0.325 e. The summed E-state index contributed by atoms with van der Waals surface area (Å²) in [4.78, 5) is 25.8. The van der Waals surface area contributed by atoms with Crippen molar-refractivity contribution in [2.45, 2.75) is 50.9 Å². The predicted octanol–water partition coefficient (Wildman–Crippen LogP) is 3.71. The number of benzene rings is 1. The van der Waals surface area contributed by atoms with Crippen LogP contribution in [0.5, 0.6) is 0 Å². The molecule has 1 aromatic carbocycles. The molecule has 8 heteroatoms. The maximum Gasteiger partial charge on any atom is 0.234 e. The lowest BCUT2D eigenvalue weighted by Crippen LogP contribution is -2.30. The summed E-state index contributed by atoms with van der Waals surface area (Å²) in [6, 6.07) is 4.37. The number of nitrogens with zero attached hydrogens (tertiary/aromatic N) is 3. The van der Waals surface area contributed by atoms with Crippen molar-refractivity contribution in [2.75, 3.05) is 16.0 Å². The van der Waals surface area contributed by atoms with Gasteiger partial charge in [-0.1, -0.05) is 40.8 Å². The van der Waals surface area contributed by atoms with Crippen LogP contribution in [0.2, 0.25) is 0 Å². The van der Waals surface area contributed by atoms with Gasteiger partial charge in [-0.15, -0.1) is 10.2 Å². The lowest BCUT2D eigenvalue weighted by molar-refractivity contribution is -0.116. The van der Waals surface area contributed by atoms with Gasteiger partial charge in [0.15, 0.2) is 4.34 Å². The number of amides is 2. The van der Waals surface area contributed by atoms with Crippen molar-refractivity contribution in [3.8, 4) is 0 Å². The molecule has 0 spiro atoms. The van der Waals surface area contributed by atoms with Crippen LogP contribution in [-0.2, 0) is 9.59 Å². The Labute approximate surface area is 161 Å². The van der Waals surface area contributed by atoms with Crippen LogP contribution in [0.25, 0.3) is 0 Å². The zero-order valence-electron chi connectivity index (χ0n) is 15.3. The van der Waals surface area contributed by atoms with Crippen LogP contribution in [0.1, 0.15) is 36.5 Å². The van der Waals surface area contributed by atoms with Gasteiger partial charge in [0.1, 0.15) is 0 Å². The molecular weight excluding hydrogens is 368 g/mol. The van der Waals surface area contributed by atoms with E-state index in [0.29, 0.717) is 9.47 Å². The highest BCUT2D eigenvalue weighted by Gasteiger charge is 2.34. The molecule has 0 bridgehead atoms. The number of carbonyl (C=O) groups is 2. The van der Waals surface area contributed by atoms with Crippen molar-refractivity contribution in [1.82, 2.24) is 10.2 Å². The average Bonchev–Trinajstić information content (AvgIpc) is 3.26. The number of nitrogens with one attached hydrogen (secondary N) is 1. The number of aryl methyl sites for hydroxylation is 3. The Hall–Kier alpha value is -1.93. The smallest absolute Gasteiger partial charge is 0.234 e. The van der Waals surface area contributed by atoms with Crippen molar-refractivity contribution < 1.29 is 9.59 Å². The Morgan fingerprint density at radius 1 is 1.23 bits per heavy atom. The number of thioether (sulfide) groups is 1. The van der Waals surface area contributed by atoms with Crippen molar-refractivity contribution in [3.05, 3.63) is 28.8 Å². The standard InChI is InChI=1S/C18H22N4O2S2/c1-10-7-11(2)16(12(3)8-10)19-15(24)9-25-18-21-20-17(26-18)22(13(4)23)14-5-6-14/h7-8,14H,5-6,9H2,1-4H3,(H,19,24). The molecule has 1 heterocycles. The maximum atomic E-state index is 12.3. The van der Waals surface area contributed by atoms with Gasteiger partial charge in [-0.05, 0) is 44.7 Å². The third kappa shape index (κ3) is 4.42. The molecule has 0 radical (unpaired) electrons. The molecule has 0 unspecified atom stereocenters. The van der Waals surface area contributed by atoms with E-state index in [4.69, 9.17) is 0 Å². The van der Waals surface area contributed by atoms with E-state index in [9.17, 15) is 9.59 Å². The molecule has 1 aliphatic rings. The van der Waals surface area contributed by atoms with E-state index in [2.05, 4.69) is 27.6 Å². The maximum absolute atomic E-state index is 12.3. The highest BCUT2D eigenvalue weighted by molar-refractivity contribution is 8.01. The normalized spacial score (nSPS) is 13.5. The minimum absolute atomic E-state index is 0.0109. The second-order valence-corrected chi connectivity index (χ2v) is 8.76. The second-order valence-electron chi connectivity index (χ2n) is 6.58. The van der Waals surface area contributed by atoms with Crippen LogP contribution in [0.15, 0.2) is 16.5 Å². The summed E-state index contributed by atoms with van der Waals surface area (Å²) in [5.74, 6) is 0.168. The van der Waals surface area contributed by atoms with Gasteiger partial charge in [-0.25, -0.2) is 0 Å². The molecule has 0 saturated heterocycles. The van der Waals surface area contributed by atoms with Crippen molar-refractivity contribution in [3.63, 3.8) is 0 Å². The predicted molar refractivity (Wildman–Crippen MR) is 106 cm³/mol. The highest BCUT2D eigenvalue weighted by atomic mass is 32.2. The van der Waals surface area contributed by atoms with Crippen molar-refractivity contribution in [1.29, 1.82) is 0 Å². The molecule has 0 atom stereocenters. The molecule has 138 valence electrons. The molecule has 1 aliphatic carbocycles. The molecule has 1 saturated carbocycles. The molecule has 26 heavy (non-hydrogen) atoms. The third-order valence-electron chi connectivity index (χ3n) is 4.12. The van der Waals surface area contributed by atoms with Gasteiger partial charge in [0.2, 0.25) is 16.9 Å². The van der Waals surface area contributed by atoms with Gasteiger partial charge in [-0.3, -0.25) is 14.5 Å². The molecule has 3 rings (SSSR count). The van der Waals surface area contributed by atoms with Gasteiger partial charge >= 0.3 is 0 Å². The number of carbonyl (C=O) groups excluding carboxylic acids is 2. The Kier molecular flexibility index (Phi) is 5.62.